The molecule has 42 heteroatoms. The summed E-state index contributed by atoms with van der Waals surface area (Å²) in [4.78, 5) is 49.1. The highest BCUT2D eigenvalue weighted by Gasteiger charge is 2.60. The zero-order chi connectivity index (χ0) is 69.3. The molecule has 0 spiro atoms. The summed E-state index contributed by atoms with van der Waals surface area (Å²) in [6.07, 6.45) is -63.3. The highest BCUT2D eigenvalue weighted by atomic mass is 16.8. The summed E-state index contributed by atoms with van der Waals surface area (Å²) >= 11 is 0. The molecule has 0 saturated carbocycles. The van der Waals surface area contributed by atoms with Gasteiger partial charge in [0.1, 0.15) is 171 Å². The van der Waals surface area contributed by atoms with Crippen LogP contribution < -0.4 is 21.3 Å². The largest absolute Gasteiger partial charge is 0.394 e. The lowest BCUT2D eigenvalue weighted by Crippen LogP contribution is -2.71. The van der Waals surface area contributed by atoms with Gasteiger partial charge in [-0.2, -0.15) is 0 Å². The standard InChI is InChI=1S/C52H88N4O38/c1-14(66)54-25-34(75)28(69)18(5-58)82-46(25)92-43-31(72)22(9-62)86-51(38(43)79)90-41-27(56-16(3)68)48(84-20(7-60)29(41)70)94-45-33(74)23(10-63)87-52(39(45)80)91-42-26(55-15(2)67)47(83-19(6-59)30(42)71)93-44-32(73)21(8-61)85-50(37(44)78)89-40-24(11-64)88-49(36(77)35(40)76)81-12-17(4-57)53-13-65/h13,17-52,57-64,69-80H,4-12H2,1-3H3,(H,53,65)(H,54,66)(H,55,67)(H,56,68)/t17-,18-,19-,20-,21-,22-,23-,24-,25-,26-,27-,28+,29-,30-,31+,32+,33+,34-,35-,36-,37-,38-,39-,40-,41-,42-,43+,44+,45+,46-,47+,48+,49-,50+,51+,52+/m1/s1. The monoisotopic (exact) mass is 1380 g/mol. The Morgan fingerprint density at radius 3 is 0.957 bits per heavy atom. The van der Waals surface area contributed by atoms with E-state index in [9.17, 15) is 121 Å². The first-order valence-electron chi connectivity index (χ1n) is 29.8. The maximum atomic E-state index is 13.0. The number of rotatable bonds is 28. The van der Waals surface area contributed by atoms with E-state index in [0.29, 0.717) is 0 Å². The highest BCUT2D eigenvalue weighted by molar-refractivity contribution is 5.74. The molecule has 0 aromatic heterocycles. The summed E-state index contributed by atoms with van der Waals surface area (Å²) in [5.41, 5.74) is 0. The summed E-state index contributed by atoms with van der Waals surface area (Å²) in [7, 11) is 0. The number of carbonyl (C=O) groups is 4. The molecule has 0 aromatic rings. The van der Waals surface area contributed by atoms with Crippen molar-refractivity contribution < 1.29 is 188 Å². The quantitative estimate of drug-likeness (QED) is 0.0324. The van der Waals surface area contributed by atoms with Crippen molar-refractivity contribution in [2.24, 2.45) is 0 Å². The number of amides is 4. The van der Waals surface area contributed by atoms with Crippen LogP contribution in [0.5, 0.6) is 0 Å². The molecule has 7 heterocycles. The van der Waals surface area contributed by atoms with Gasteiger partial charge in [-0.05, 0) is 0 Å². The first-order valence-corrected chi connectivity index (χ1v) is 29.8. The Morgan fingerprint density at radius 1 is 0.340 bits per heavy atom. The number of nitrogens with one attached hydrogen (secondary N) is 4. The third-order valence-corrected chi connectivity index (χ3v) is 16.7. The molecule has 36 atom stereocenters. The second kappa shape index (κ2) is 35.0. The maximum absolute atomic E-state index is 13.0. The van der Waals surface area contributed by atoms with Crippen LogP contribution in [0, 0.1) is 0 Å². The van der Waals surface area contributed by atoms with Crippen LogP contribution in [0.4, 0.5) is 0 Å². The molecule has 24 N–H and O–H groups in total. The van der Waals surface area contributed by atoms with Crippen LogP contribution in [0.3, 0.4) is 0 Å². The van der Waals surface area contributed by atoms with E-state index in [0.717, 1.165) is 20.8 Å². The molecule has 7 aliphatic rings. The van der Waals surface area contributed by atoms with Gasteiger partial charge in [-0.25, -0.2) is 0 Å². The summed E-state index contributed by atoms with van der Waals surface area (Å²) in [6, 6.07) is -6.43. The van der Waals surface area contributed by atoms with Gasteiger partial charge in [-0.15, -0.1) is 0 Å². The van der Waals surface area contributed by atoms with E-state index in [1.54, 1.807) is 0 Å². The van der Waals surface area contributed by atoms with Crippen molar-refractivity contribution in [3.8, 4) is 0 Å². The molecule has 7 saturated heterocycles. The number of ether oxygens (including phenoxy) is 14. The first-order chi connectivity index (χ1) is 44.6. The zero-order valence-corrected chi connectivity index (χ0v) is 50.5. The fourth-order valence-electron chi connectivity index (χ4n) is 11.8. The van der Waals surface area contributed by atoms with Gasteiger partial charge in [0, 0.05) is 20.8 Å². The van der Waals surface area contributed by atoms with Crippen molar-refractivity contribution in [2.75, 3.05) is 59.5 Å². The van der Waals surface area contributed by atoms with Crippen molar-refractivity contribution in [3.63, 3.8) is 0 Å². The van der Waals surface area contributed by atoms with Crippen molar-refractivity contribution in [1.29, 1.82) is 0 Å². The Balaban J connectivity index is 1.13. The average molecular weight is 1380 g/mol. The lowest BCUT2D eigenvalue weighted by Gasteiger charge is -2.51. The molecule has 7 aliphatic heterocycles. The van der Waals surface area contributed by atoms with Crippen molar-refractivity contribution in [3.05, 3.63) is 0 Å². The van der Waals surface area contributed by atoms with Crippen LogP contribution in [0.1, 0.15) is 20.8 Å². The van der Waals surface area contributed by atoms with Crippen LogP contribution >= 0.6 is 0 Å². The summed E-state index contributed by atoms with van der Waals surface area (Å²) in [6.45, 7) is -5.43. The van der Waals surface area contributed by atoms with Crippen LogP contribution in [-0.2, 0) is 85.5 Å². The summed E-state index contributed by atoms with van der Waals surface area (Å²) < 4.78 is 81.5. The topological polar surface area (TPSA) is 650 Å². The van der Waals surface area contributed by atoms with Crippen LogP contribution in [0.25, 0.3) is 0 Å². The van der Waals surface area contributed by atoms with Crippen LogP contribution in [0.15, 0.2) is 0 Å². The highest BCUT2D eigenvalue weighted by Crippen LogP contribution is 2.38. The van der Waals surface area contributed by atoms with E-state index in [2.05, 4.69) is 21.3 Å². The smallest absolute Gasteiger partial charge is 0.217 e. The minimum Gasteiger partial charge on any atom is -0.394 e. The second-order valence-corrected chi connectivity index (χ2v) is 23.2. The number of hydrogen-bond donors (Lipinski definition) is 24. The molecule has 0 unspecified atom stereocenters. The van der Waals surface area contributed by atoms with Crippen LogP contribution in [0.2, 0.25) is 0 Å². The number of aliphatic hydroxyl groups is 20. The molecule has 544 valence electrons. The molecule has 0 aliphatic carbocycles. The molecule has 42 nitrogen and oxygen atoms in total. The van der Waals surface area contributed by atoms with Crippen LogP contribution in [-0.4, -0.2) is 407 Å². The average Bonchev–Trinajstić information content (AvgIpc) is 0.775. The van der Waals surface area contributed by atoms with Crippen molar-refractivity contribution >= 4 is 24.1 Å². The lowest BCUT2D eigenvalue weighted by molar-refractivity contribution is -0.387. The predicted octanol–water partition coefficient (Wildman–Crippen LogP) is -16.7. The Hall–Kier alpha value is -3.48. The molecule has 94 heavy (non-hydrogen) atoms. The summed E-state index contributed by atoms with van der Waals surface area (Å²) in [5, 5.41) is 229. The molecule has 0 bridgehead atoms. The van der Waals surface area contributed by atoms with Gasteiger partial charge >= 0.3 is 0 Å². The third-order valence-electron chi connectivity index (χ3n) is 16.7. The van der Waals surface area contributed by atoms with Gasteiger partial charge in [0.2, 0.25) is 24.1 Å². The minimum absolute atomic E-state index is 0.262. The summed E-state index contributed by atoms with van der Waals surface area (Å²) in [5.74, 6) is -2.65. The van der Waals surface area contributed by atoms with E-state index in [1.165, 1.54) is 0 Å². The maximum Gasteiger partial charge on any atom is 0.217 e. The lowest BCUT2D eigenvalue weighted by atomic mass is 9.93. The molecule has 0 radical (unpaired) electrons. The Labute approximate surface area is 533 Å². The van der Waals surface area contributed by atoms with Gasteiger partial charge in [0.05, 0.1) is 65.5 Å². The van der Waals surface area contributed by atoms with E-state index in [1.807, 2.05) is 0 Å². The zero-order valence-electron chi connectivity index (χ0n) is 50.5. The van der Waals surface area contributed by atoms with Crippen molar-refractivity contribution in [1.82, 2.24) is 21.3 Å². The first kappa shape index (κ1) is 77.9. The molecular formula is C52H88N4O38. The van der Waals surface area contributed by atoms with E-state index in [-0.39, 0.29) is 6.41 Å². The minimum atomic E-state index is -2.37. The van der Waals surface area contributed by atoms with Gasteiger partial charge in [0.15, 0.2) is 44.0 Å². The van der Waals surface area contributed by atoms with Gasteiger partial charge in [-0.1, -0.05) is 0 Å². The SMILES string of the molecule is CC(=O)N[C@H]1[C@@H](O[C@H]2[C@@H](O)[C@@H](CO)O[C@@H](O[C@H]3[C@H](O)[C@@H](CO)O[C@@H](O[C@H]4[C@@H](O)[C@@H](CO)O[C@@H](O[C@H]5[C@H](O)[C@@H](CO)O[C@@H](O[C@H]6[C@@H](O)[C@@H](CO)O[C@@H](O[C@H]7[C@H](O)[C@@H](O)[C@H](OC[C@@H](CO)NC=O)O[C@@H]7CO)[C@@H]6O)[C@@H]5NC(C)=O)[C@@H]4O)[C@@H]3NC(C)=O)[C@@H]2O)O[C@H](CO)[C@H](O)[C@@H]1O. The van der Waals surface area contributed by atoms with E-state index < -0.39 is 298 Å². The van der Waals surface area contributed by atoms with E-state index >= 15 is 0 Å². The molecule has 4 amide bonds. The Bertz CT molecular complexity index is 2370. The Kier molecular flexibility index (Phi) is 29.0. The fraction of sp³-hybridized carbons (Fsp3) is 0.923. The van der Waals surface area contributed by atoms with Gasteiger partial charge in [0.25, 0.3) is 0 Å². The fourth-order valence-corrected chi connectivity index (χ4v) is 11.8. The second-order valence-electron chi connectivity index (χ2n) is 23.2. The molecular weight excluding hydrogens is 1290 g/mol. The van der Waals surface area contributed by atoms with Gasteiger partial charge in [-0.3, -0.25) is 19.2 Å². The molecule has 0 aromatic carbocycles. The molecule has 7 rings (SSSR count). The normalized spacial score (nSPS) is 46.4. The van der Waals surface area contributed by atoms with Gasteiger partial charge < -0.3 is 190 Å². The van der Waals surface area contributed by atoms with E-state index in [4.69, 9.17) is 66.3 Å². The Morgan fingerprint density at radius 2 is 0.628 bits per heavy atom. The number of hydrogen-bond acceptors (Lipinski definition) is 38. The predicted molar refractivity (Wildman–Crippen MR) is 290 cm³/mol. The molecule has 7 fully saturated rings. The number of carbonyl (C=O) groups excluding carboxylic acids is 4. The number of aliphatic hydroxyl groups excluding tert-OH is 20. The van der Waals surface area contributed by atoms with Crippen molar-refractivity contribution in [2.45, 2.75) is 242 Å². The third kappa shape index (κ3) is 17.6.